The number of nitrogens with one attached hydrogen (secondary N) is 2. The molecule has 0 amide bonds. The summed E-state index contributed by atoms with van der Waals surface area (Å²) in [6.07, 6.45) is 2.80. The number of thiazole rings is 1. The van der Waals surface area contributed by atoms with Gasteiger partial charge in [-0.15, -0.1) is 35.3 Å². The summed E-state index contributed by atoms with van der Waals surface area (Å²) in [5.41, 5.74) is 1.23. The third-order valence-corrected chi connectivity index (χ3v) is 4.05. The van der Waals surface area contributed by atoms with E-state index in [0.717, 1.165) is 29.7 Å². The van der Waals surface area contributed by atoms with Crippen molar-refractivity contribution in [3.8, 4) is 5.75 Å². The van der Waals surface area contributed by atoms with E-state index in [1.54, 1.807) is 25.5 Å². The van der Waals surface area contributed by atoms with Gasteiger partial charge in [-0.25, -0.2) is 4.98 Å². The maximum atomic E-state index is 5.23. The molecule has 0 aliphatic heterocycles. The topological polar surface area (TPSA) is 58.5 Å². The number of halogens is 1. The molecule has 126 valence electrons. The van der Waals surface area contributed by atoms with Crippen LogP contribution in [-0.4, -0.2) is 31.6 Å². The highest BCUT2D eigenvalue weighted by Gasteiger charge is 2.02. The summed E-state index contributed by atoms with van der Waals surface area (Å²) in [7, 11) is 3.46. The molecular weight excluding hydrogens is 423 g/mol. The third-order valence-electron chi connectivity index (χ3n) is 3.14. The van der Waals surface area contributed by atoms with Crippen molar-refractivity contribution in [2.24, 2.45) is 4.99 Å². The zero-order valence-electron chi connectivity index (χ0n) is 13.6. The first-order valence-corrected chi connectivity index (χ1v) is 8.01. The normalized spacial score (nSPS) is 10.8. The summed E-state index contributed by atoms with van der Waals surface area (Å²) >= 11 is 1.69. The number of aryl methyl sites for hydroxylation is 1. The Bertz CT molecular complexity index is 630. The lowest BCUT2D eigenvalue weighted by atomic mass is 10.1. The van der Waals surface area contributed by atoms with E-state index in [-0.39, 0.29) is 24.0 Å². The Labute approximate surface area is 158 Å². The van der Waals surface area contributed by atoms with Crippen LogP contribution in [0.5, 0.6) is 5.75 Å². The fourth-order valence-electron chi connectivity index (χ4n) is 2.02. The van der Waals surface area contributed by atoms with E-state index < -0.39 is 0 Å². The van der Waals surface area contributed by atoms with E-state index in [4.69, 9.17) is 4.74 Å². The van der Waals surface area contributed by atoms with Crippen molar-refractivity contribution in [2.75, 3.05) is 20.7 Å². The first kappa shape index (κ1) is 19.7. The molecule has 5 nitrogen and oxygen atoms in total. The van der Waals surface area contributed by atoms with Crippen LogP contribution < -0.4 is 15.4 Å². The molecule has 2 rings (SSSR count). The molecule has 7 heteroatoms. The second-order valence-corrected chi connectivity index (χ2v) is 6.14. The van der Waals surface area contributed by atoms with Crippen LogP contribution in [0.15, 0.2) is 35.5 Å². The van der Waals surface area contributed by atoms with Crippen LogP contribution in [0.2, 0.25) is 0 Å². The zero-order valence-corrected chi connectivity index (χ0v) is 16.8. The largest absolute Gasteiger partial charge is 0.497 e. The quantitative estimate of drug-likeness (QED) is 0.407. The van der Waals surface area contributed by atoms with Crippen molar-refractivity contribution in [3.63, 3.8) is 0 Å². The second-order valence-electron chi connectivity index (χ2n) is 4.82. The number of hydrogen-bond donors (Lipinski definition) is 2. The number of benzene rings is 1. The van der Waals surface area contributed by atoms with Crippen molar-refractivity contribution >= 4 is 41.3 Å². The lowest BCUT2D eigenvalue weighted by Gasteiger charge is -2.11. The van der Waals surface area contributed by atoms with E-state index in [1.165, 1.54) is 10.4 Å². The summed E-state index contributed by atoms with van der Waals surface area (Å²) in [5, 5.41) is 7.64. The molecule has 0 spiro atoms. The number of methoxy groups -OCH3 is 1. The summed E-state index contributed by atoms with van der Waals surface area (Å²) in [6, 6.07) is 8.11. The highest BCUT2D eigenvalue weighted by atomic mass is 127. The summed E-state index contributed by atoms with van der Waals surface area (Å²) in [5.74, 6) is 1.68. The molecule has 2 N–H and O–H groups in total. The number of aromatic nitrogens is 1. The minimum Gasteiger partial charge on any atom is -0.497 e. The van der Waals surface area contributed by atoms with E-state index in [2.05, 4.69) is 39.7 Å². The predicted octanol–water partition coefficient (Wildman–Crippen LogP) is 2.99. The molecule has 0 atom stereocenters. The van der Waals surface area contributed by atoms with Crippen LogP contribution >= 0.6 is 35.3 Å². The van der Waals surface area contributed by atoms with Crippen LogP contribution in [0, 0.1) is 6.92 Å². The van der Waals surface area contributed by atoms with Gasteiger partial charge in [-0.2, -0.15) is 0 Å². The van der Waals surface area contributed by atoms with E-state index >= 15 is 0 Å². The average molecular weight is 446 g/mol. The smallest absolute Gasteiger partial charge is 0.191 e. The number of guanidine groups is 1. The number of nitrogens with zero attached hydrogens (tertiary/aromatic N) is 2. The van der Waals surface area contributed by atoms with Gasteiger partial charge in [0.15, 0.2) is 5.96 Å². The van der Waals surface area contributed by atoms with Crippen LogP contribution in [0.25, 0.3) is 0 Å². The Hall–Kier alpha value is -1.35. The highest BCUT2D eigenvalue weighted by molar-refractivity contribution is 14.0. The van der Waals surface area contributed by atoms with E-state index in [1.807, 2.05) is 18.3 Å². The average Bonchev–Trinajstić information content (AvgIpc) is 2.96. The lowest BCUT2D eigenvalue weighted by Crippen LogP contribution is -2.37. The maximum Gasteiger partial charge on any atom is 0.191 e. The maximum absolute atomic E-state index is 5.23. The first-order valence-electron chi connectivity index (χ1n) is 7.20. The monoisotopic (exact) mass is 446 g/mol. The standard InChI is InChI=1S/C16H22N4OS.HI/c1-12-10-19-15(22-12)11-20-16(17-2)18-8-7-13-5-4-6-14(9-13)21-3;/h4-6,9-10H,7-8,11H2,1-3H3,(H2,17,18,20);1H. The van der Waals surface area contributed by atoms with Gasteiger partial charge in [0.1, 0.15) is 10.8 Å². The van der Waals surface area contributed by atoms with Gasteiger partial charge < -0.3 is 15.4 Å². The van der Waals surface area contributed by atoms with Crippen LogP contribution in [0.1, 0.15) is 15.4 Å². The minimum atomic E-state index is 0. The molecule has 0 radical (unpaired) electrons. The fourth-order valence-corrected chi connectivity index (χ4v) is 2.74. The molecule has 1 aromatic heterocycles. The predicted molar refractivity (Wildman–Crippen MR) is 107 cm³/mol. The molecule has 0 saturated carbocycles. The highest BCUT2D eigenvalue weighted by Crippen LogP contribution is 2.12. The Morgan fingerprint density at radius 2 is 2.17 bits per heavy atom. The summed E-state index contributed by atoms with van der Waals surface area (Å²) in [4.78, 5) is 9.77. The van der Waals surface area contributed by atoms with Crippen molar-refractivity contribution in [2.45, 2.75) is 19.9 Å². The molecule has 2 aromatic rings. The molecule has 0 aliphatic rings. The molecular formula is C16H23IN4OS. The molecule has 1 heterocycles. The summed E-state index contributed by atoms with van der Waals surface area (Å²) < 4.78 is 5.23. The van der Waals surface area contributed by atoms with Crippen molar-refractivity contribution in [3.05, 3.63) is 45.9 Å². The molecule has 1 aromatic carbocycles. The minimum absolute atomic E-state index is 0. The van der Waals surface area contributed by atoms with Gasteiger partial charge in [-0.1, -0.05) is 12.1 Å². The molecule has 0 aliphatic carbocycles. The van der Waals surface area contributed by atoms with Gasteiger partial charge in [0, 0.05) is 24.7 Å². The lowest BCUT2D eigenvalue weighted by molar-refractivity contribution is 0.414. The van der Waals surface area contributed by atoms with Crippen LogP contribution in [-0.2, 0) is 13.0 Å². The van der Waals surface area contributed by atoms with E-state index in [0.29, 0.717) is 6.54 Å². The number of rotatable bonds is 6. The Morgan fingerprint density at radius 1 is 1.35 bits per heavy atom. The molecule has 0 saturated heterocycles. The van der Waals surface area contributed by atoms with Crippen molar-refractivity contribution < 1.29 is 4.74 Å². The van der Waals surface area contributed by atoms with Gasteiger partial charge in [0.05, 0.1) is 13.7 Å². The van der Waals surface area contributed by atoms with Gasteiger partial charge >= 0.3 is 0 Å². The Balaban J connectivity index is 0.00000264. The fraction of sp³-hybridized carbons (Fsp3) is 0.375. The molecule has 0 bridgehead atoms. The third kappa shape index (κ3) is 6.74. The number of hydrogen-bond acceptors (Lipinski definition) is 4. The number of ether oxygens (including phenoxy) is 1. The van der Waals surface area contributed by atoms with Gasteiger partial charge in [-0.3, -0.25) is 4.99 Å². The van der Waals surface area contributed by atoms with Gasteiger partial charge in [0.2, 0.25) is 0 Å². The first-order chi connectivity index (χ1) is 10.7. The summed E-state index contributed by atoms with van der Waals surface area (Å²) in [6.45, 7) is 3.56. The zero-order chi connectivity index (χ0) is 15.8. The van der Waals surface area contributed by atoms with Crippen molar-refractivity contribution in [1.29, 1.82) is 0 Å². The number of aliphatic imine (C=N–C) groups is 1. The van der Waals surface area contributed by atoms with E-state index in [9.17, 15) is 0 Å². The Morgan fingerprint density at radius 3 is 2.83 bits per heavy atom. The molecule has 0 unspecified atom stereocenters. The van der Waals surface area contributed by atoms with Crippen LogP contribution in [0.3, 0.4) is 0 Å². The molecule has 0 fully saturated rings. The molecule has 23 heavy (non-hydrogen) atoms. The van der Waals surface area contributed by atoms with Gasteiger partial charge in [0.25, 0.3) is 0 Å². The SMILES string of the molecule is CN=C(NCCc1cccc(OC)c1)NCc1ncc(C)s1.I. The van der Waals surface area contributed by atoms with Crippen LogP contribution in [0.4, 0.5) is 0 Å². The van der Waals surface area contributed by atoms with Gasteiger partial charge in [-0.05, 0) is 31.0 Å². The Kier molecular flexibility index (Phi) is 8.93. The van der Waals surface area contributed by atoms with Crippen molar-refractivity contribution in [1.82, 2.24) is 15.6 Å². The second kappa shape index (κ2) is 10.4.